The van der Waals surface area contributed by atoms with Crippen LogP contribution in [0.2, 0.25) is 0 Å². The van der Waals surface area contributed by atoms with Gasteiger partial charge in [0, 0.05) is 19.6 Å². The monoisotopic (exact) mass is 172 g/mol. The molecule has 2 fully saturated rings. The normalized spacial score (nSPS) is 41.2. The molecule has 2 rings (SSSR count). The van der Waals surface area contributed by atoms with Crippen LogP contribution in [0.25, 0.3) is 0 Å². The third-order valence-corrected chi connectivity index (χ3v) is 2.81. The Balaban J connectivity index is 1.88. The lowest BCUT2D eigenvalue weighted by atomic mass is 9.89. The molecule has 2 aliphatic rings. The lowest BCUT2D eigenvalue weighted by Crippen LogP contribution is -2.35. The van der Waals surface area contributed by atoms with E-state index in [0.29, 0.717) is 5.92 Å². The molecule has 2 unspecified atom stereocenters. The van der Waals surface area contributed by atoms with E-state index in [0.717, 1.165) is 26.4 Å². The van der Waals surface area contributed by atoms with E-state index >= 15 is 0 Å². The van der Waals surface area contributed by atoms with Crippen molar-refractivity contribution in [3.63, 3.8) is 0 Å². The minimum atomic E-state index is 0.0230. The third kappa shape index (κ3) is 1.49. The van der Waals surface area contributed by atoms with Crippen molar-refractivity contribution in [2.24, 2.45) is 5.92 Å². The molecule has 2 aliphatic heterocycles. The predicted molar refractivity (Wildman–Crippen MR) is 44.1 cm³/mol. The van der Waals surface area contributed by atoms with E-state index in [1.165, 1.54) is 12.8 Å². The highest BCUT2D eigenvalue weighted by molar-refractivity contribution is 4.98. The number of epoxide rings is 1. The topological polar surface area (TPSA) is 31.0 Å². The summed E-state index contributed by atoms with van der Waals surface area (Å²) in [5.74, 6) is 0.561. The number of methoxy groups -OCH3 is 1. The summed E-state index contributed by atoms with van der Waals surface area (Å²) < 4.78 is 16.0. The van der Waals surface area contributed by atoms with Crippen molar-refractivity contribution in [2.75, 3.05) is 33.5 Å². The Bertz CT molecular complexity index is 148. The Kier molecular flexibility index (Phi) is 2.35. The van der Waals surface area contributed by atoms with Crippen molar-refractivity contribution in [1.29, 1.82) is 0 Å². The van der Waals surface area contributed by atoms with Gasteiger partial charge in [0.15, 0.2) is 0 Å². The van der Waals surface area contributed by atoms with Gasteiger partial charge in [-0.15, -0.1) is 0 Å². The first-order valence-corrected chi connectivity index (χ1v) is 4.58. The molecule has 12 heavy (non-hydrogen) atoms. The molecule has 0 bridgehead atoms. The van der Waals surface area contributed by atoms with E-state index in [-0.39, 0.29) is 5.60 Å². The van der Waals surface area contributed by atoms with Gasteiger partial charge >= 0.3 is 0 Å². The van der Waals surface area contributed by atoms with Gasteiger partial charge in [-0.05, 0) is 12.8 Å². The first kappa shape index (κ1) is 8.48. The van der Waals surface area contributed by atoms with Gasteiger partial charge in [0.25, 0.3) is 0 Å². The Hall–Kier alpha value is -0.120. The summed E-state index contributed by atoms with van der Waals surface area (Å²) in [5.41, 5.74) is 0.0230. The van der Waals surface area contributed by atoms with Gasteiger partial charge in [-0.1, -0.05) is 0 Å². The molecule has 3 heteroatoms. The molecule has 0 radical (unpaired) electrons. The summed E-state index contributed by atoms with van der Waals surface area (Å²) in [6.07, 6.45) is 2.39. The fourth-order valence-corrected chi connectivity index (χ4v) is 1.93. The second-order valence-electron chi connectivity index (χ2n) is 3.70. The van der Waals surface area contributed by atoms with Gasteiger partial charge in [0.1, 0.15) is 5.60 Å². The first-order valence-electron chi connectivity index (χ1n) is 4.58. The average molecular weight is 172 g/mol. The quantitative estimate of drug-likeness (QED) is 0.591. The van der Waals surface area contributed by atoms with Gasteiger partial charge in [0.2, 0.25) is 0 Å². The van der Waals surface area contributed by atoms with Crippen LogP contribution in [0, 0.1) is 5.92 Å². The maximum atomic E-state index is 5.47. The number of ether oxygens (including phenoxy) is 3. The summed E-state index contributed by atoms with van der Waals surface area (Å²) in [7, 11) is 1.73. The van der Waals surface area contributed by atoms with Crippen LogP contribution in [-0.2, 0) is 14.2 Å². The highest BCUT2D eigenvalue weighted by atomic mass is 16.6. The first-order chi connectivity index (χ1) is 5.87. The summed E-state index contributed by atoms with van der Waals surface area (Å²) >= 11 is 0. The lowest BCUT2D eigenvalue weighted by Gasteiger charge is -2.27. The minimum absolute atomic E-state index is 0.0230. The Morgan fingerprint density at radius 2 is 2.42 bits per heavy atom. The van der Waals surface area contributed by atoms with E-state index in [2.05, 4.69) is 0 Å². The van der Waals surface area contributed by atoms with Crippen molar-refractivity contribution in [3.8, 4) is 0 Å². The molecule has 2 atom stereocenters. The molecule has 70 valence electrons. The van der Waals surface area contributed by atoms with Crippen molar-refractivity contribution in [2.45, 2.75) is 18.4 Å². The number of rotatable bonds is 3. The highest BCUT2D eigenvalue weighted by Crippen LogP contribution is 2.39. The summed E-state index contributed by atoms with van der Waals surface area (Å²) in [6.45, 7) is 3.35. The number of hydrogen-bond donors (Lipinski definition) is 0. The zero-order chi connectivity index (χ0) is 8.44. The van der Waals surface area contributed by atoms with Crippen LogP contribution in [0.1, 0.15) is 12.8 Å². The van der Waals surface area contributed by atoms with Crippen LogP contribution in [0.4, 0.5) is 0 Å². The molecular formula is C9H16O3. The van der Waals surface area contributed by atoms with Gasteiger partial charge in [0.05, 0.1) is 19.8 Å². The Morgan fingerprint density at radius 1 is 1.58 bits per heavy atom. The second-order valence-corrected chi connectivity index (χ2v) is 3.70. The molecule has 0 aliphatic carbocycles. The minimum Gasteiger partial charge on any atom is -0.382 e. The Morgan fingerprint density at radius 3 is 2.92 bits per heavy atom. The molecule has 0 aromatic rings. The molecule has 0 aromatic carbocycles. The maximum absolute atomic E-state index is 5.47. The van der Waals surface area contributed by atoms with Crippen molar-refractivity contribution in [3.05, 3.63) is 0 Å². The fraction of sp³-hybridized carbons (Fsp3) is 1.00. The van der Waals surface area contributed by atoms with Crippen molar-refractivity contribution in [1.82, 2.24) is 0 Å². The van der Waals surface area contributed by atoms with Crippen molar-refractivity contribution < 1.29 is 14.2 Å². The van der Waals surface area contributed by atoms with Gasteiger partial charge < -0.3 is 14.2 Å². The smallest absolute Gasteiger partial charge is 0.120 e. The highest BCUT2D eigenvalue weighted by Gasteiger charge is 2.51. The summed E-state index contributed by atoms with van der Waals surface area (Å²) in [4.78, 5) is 0. The number of hydrogen-bond acceptors (Lipinski definition) is 3. The largest absolute Gasteiger partial charge is 0.382 e. The average Bonchev–Trinajstić information content (AvgIpc) is 2.88. The van der Waals surface area contributed by atoms with Gasteiger partial charge in [-0.25, -0.2) is 0 Å². The Labute approximate surface area is 73.0 Å². The van der Waals surface area contributed by atoms with E-state index in [9.17, 15) is 0 Å². The third-order valence-electron chi connectivity index (χ3n) is 2.81. The molecule has 0 saturated carbocycles. The van der Waals surface area contributed by atoms with E-state index in [4.69, 9.17) is 14.2 Å². The van der Waals surface area contributed by atoms with Crippen molar-refractivity contribution >= 4 is 0 Å². The lowest BCUT2D eigenvalue weighted by molar-refractivity contribution is -0.00581. The van der Waals surface area contributed by atoms with Crippen LogP contribution >= 0.6 is 0 Å². The van der Waals surface area contributed by atoms with Crippen LogP contribution in [0.5, 0.6) is 0 Å². The van der Waals surface area contributed by atoms with Crippen LogP contribution in [-0.4, -0.2) is 39.1 Å². The predicted octanol–water partition coefficient (Wildman–Crippen LogP) is 0.828. The molecule has 0 spiro atoms. The molecule has 0 aromatic heterocycles. The fourth-order valence-electron chi connectivity index (χ4n) is 1.93. The van der Waals surface area contributed by atoms with Gasteiger partial charge in [-0.2, -0.15) is 0 Å². The van der Waals surface area contributed by atoms with Crippen LogP contribution < -0.4 is 0 Å². The van der Waals surface area contributed by atoms with E-state index in [1.54, 1.807) is 7.11 Å². The second kappa shape index (κ2) is 3.32. The van der Waals surface area contributed by atoms with Gasteiger partial charge in [-0.3, -0.25) is 0 Å². The zero-order valence-electron chi connectivity index (χ0n) is 7.54. The molecule has 2 saturated heterocycles. The molecule has 3 nitrogen and oxygen atoms in total. The van der Waals surface area contributed by atoms with E-state index in [1.807, 2.05) is 0 Å². The van der Waals surface area contributed by atoms with E-state index < -0.39 is 0 Å². The SMILES string of the molecule is COCC1(C2CCCOC2)CO1. The molecule has 2 heterocycles. The summed E-state index contributed by atoms with van der Waals surface area (Å²) in [6, 6.07) is 0. The van der Waals surface area contributed by atoms with Crippen LogP contribution in [0.3, 0.4) is 0 Å². The maximum Gasteiger partial charge on any atom is 0.120 e. The molecule has 0 amide bonds. The standard InChI is InChI=1S/C9H16O3/c1-10-6-9(7-12-9)8-3-2-4-11-5-8/h8H,2-7H2,1H3. The van der Waals surface area contributed by atoms with Crippen LogP contribution in [0.15, 0.2) is 0 Å². The summed E-state index contributed by atoms with van der Waals surface area (Å²) in [5, 5.41) is 0. The zero-order valence-corrected chi connectivity index (χ0v) is 7.54. The molecular weight excluding hydrogens is 156 g/mol. The molecule has 0 N–H and O–H groups in total.